The number of thiol groups is 1. The number of nitrogens with zero attached hydrogens (tertiary/aromatic N) is 1. The summed E-state index contributed by atoms with van der Waals surface area (Å²) in [6, 6.07) is 7.96. The van der Waals surface area contributed by atoms with Crippen molar-refractivity contribution in [2.24, 2.45) is 0 Å². The third kappa shape index (κ3) is 1.34. The SMILES string of the molecule is Sc1cccc2cc(Br)cnc12. The highest BCUT2D eigenvalue weighted by molar-refractivity contribution is 9.10. The molecule has 0 aliphatic rings. The van der Waals surface area contributed by atoms with Crippen molar-refractivity contribution in [1.82, 2.24) is 4.98 Å². The Kier molecular flexibility index (Phi) is 2.07. The molecule has 60 valence electrons. The summed E-state index contributed by atoms with van der Waals surface area (Å²) in [5, 5.41) is 1.11. The van der Waals surface area contributed by atoms with Crippen molar-refractivity contribution in [3.63, 3.8) is 0 Å². The van der Waals surface area contributed by atoms with Crippen LogP contribution in [-0.4, -0.2) is 4.98 Å². The van der Waals surface area contributed by atoms with Crippen molar-refractivity contribution in [1.29, 1.82) is 0 Å². The van der Waals surface area contributed by atoms with Gasteiger partial charge in [-0.1, -0.05) is 12.1 Å². The van der Waals surface area contributed by atoms with E-state index in [-0.39, 0.29) is 0 Å². The average molecular weight is 240 g/mol. The van der Waals surface area contributed by atoms with Crippen LogP contribution in [0.1, 0.15) is 0 Å². The van der Waals surface area contributed by atoms with Crippen LogP contribution >= 0.6 is 28.6 Å². The zero-order valence-electron chi connectivity index (χ0n) is 6.16. The van der Waals surface area contributed by atoms with Crippen LogP contribution < -0.4 is 0 Å². The molecule has 0 bridgehead atoms. The first-order valence-corrected chi connectivity index (χ1v) is 4.74. The van der Waals surface area contributed by atoms with E-state index in [2.05, 4.69) is 33.5 Å². The van der Waals surface area contributed by atoms with Crippen molar-refractivity contribution in [3.05, 3.63) is 34.9 Å². The van der Waals surface area contributed by atoms with E-state index in [1.807, 2.05) is 24.3 Å². The highest BCUT2D eigenvalue weighted by Gasteiger charge is 1.97. The Bertz CT molecular complexity index is 428. The fourth-order valence-corrected chi connectivity index (χ4v) is 1.74. The summed E-state index contributed by atoms with van der Waals surface area (Å²) in [6.07, 6.45) is 1.78. The molecule has 0 spiro atoms. The van der Waals surface area contributed by atoms with Gasteiger partial charge in [0.15, 0.2) is 0 Å². The number of benzene rings is 1. The van der Waals surface area contributed by atoms with Crippen LogP contribution in [0, 0.1) is 0 Å². The summed E-state index contributed by atoms with van der Waals surface area (Å²) in [4.78, 5) is 5.17. The van der Waals surface area contributed by atoms with Crippen molar-refractivity contribution in [3.8, 4) is 0 Å². The summed E-state index contributed by atoms with van der Waals surface area (Å²) in [6.45, 7) is 0. The fraction of sp³-hybridized carbons (Fsp3) is 0. The van der Waals surface area contributed by atoms with E-state index in [1.54, 1.807) is 6.20 Å². The molecule has 0 aliphatic heterocycles. The Hall–Kier alpha value is -0.540. The molecule has 0 saturated carbocycles. The number of para-hydroxylation sites is 1. The second-order valence-corrected chi connectivity index (χ2v) is 3.90. The van der Waals surface area contributed by atoms with Crippen molar-refractivity contribution >= 4 is 39.5 Å². The third-order valence-electron chi connectivity index (χ3n) is 1.66. The lowest BCUT2D eigenvalue weighted by Crippen LogP contribution is -1.79. The molecule has 2 rings (SSSR count). The zero-order valence-corrected chi connectivity index (χ0v) is 8.64. The van der Waals surface area contributed by atoms with Crippen LogP contribution in [0.5, 0.6) is 0 Å². The molecule has 0 fully saturated rings. The maximum atomic E-state index is 4.31. The Labute approximate surface area is 84.4 Å². The van der Waals surface area contributed by atoms with E-state index in [4.69, 9.17) is 0 Å². The lowest BCUT2D eigenvalue weighted by molar-refractivity contribution is 1.34. The van der Waals surface area contributed by atoms with E-state index in [0.29, 0.717) is 0 Å². The van der Waals surface area contributed by atoms with Crippen molar-refractivity contribution in [2.45, 2.75) is 4.90 Å². The molecule has 2 aromatic rings. The standard InChI is InChI=1S/C9H6BrNS/c10-7-4-6-2-1-3-8(12)9(6)11-5-7/h1-5,12H. The second kappa shape index (κ2) is 3.07. The predicted molar refractivity (Wildman–Crippen MR) is 56.7 cm³/mol. The van der Waals surface area contributed by atoms with E-state index < -0.39 is 0 Å². The molecule has 0 saturated heterocycles. The Morgan fingerprint density at radius 3 is 3.00 bits per heavy atom. The normalized spacial score (nSPS) is 10.5. The maximum absolute atomic E-state index is 4.31. The summed E-state index contributed by atoms with van der Waals surface area (Å²) < 4.78 is 0.994. The van der Waals surface area contributed by atoms with Crippen LogP contribution in [0.4, 0.5) is 0 Å². The molecule has 1 nitrogen and oxygen atoms in total. The largest absolute Gasteiger partial charge is 0.254 e. The molecule has 0 N–H and O–H groups in total. The van der Waals surface area contributed by atoms with Gasteiger partial charge in [-0.2, -0.15) is 0 Å². The van der Waals surface area contributed by atoms with Gasteiger partial charge in [-0.05, 0) is 28.1 Å². The summed E-state index contributed by atoms with van der Waals surface area (Å²) >= 11 is 7.68. The third-order valence-corrected chi connectivity index (χ3v) is 2.45. The smallest absolute Gasteiger partial charge is 0.0835 e. The summed E-state index contributed by atoms with van der Waals surface area (Å²) in [7, 11) is 0. The molecule has 0 amide bonds. The highest BCUT2D eigenvalue weighted by Crippen LogP contribution is 2.22. The molecule has 0 unspecified atom stereocenters. The van der Waals surface area contributed by atoms with Gasteiger partial charge in [0, 0.05) is 21.0 Å². The minimum absolute atomic E-state index is 0.917. The van der Waals surface area contributed by atoms with Gasteiger partial charge in [-0.15, -0.1) is 12.6 Å². The number of pyridine rings is 1. The molecular formula is C9H6BrNS. The van der Waals surface area contributed by atoms with Crippen LogP contribution in [0.3, 0.4) is 0 Å². The fourth-order valence-electron chi connectivity index (χ4n) is 1.12. The minimum atomic E-state index is 0.917. The maximum Gasteiger partial charge on any atom is 0.0835 e. The van der Waals surface area contributed by atoms with Crippen molar-refractivity contribution in [2.75, 3.05) is 0 Å². The second-order valence-electron chi connectivity index (χ2n) is 2.50. The Morgan fingerprint density at radius 2 is 2.17 bits per heavy atom. The van der Waals surface area contributed by atoms with Gasteiger partial charge in [-0.3, -0.25) is 4.98 Å². The Morgan fingerprint density at radius 1 is 1.33 bits per heavy atom. The number of rotatable bonds is 0. The van der Waals surface area contributed by atoms with Gasteiger partial charge in [0.2, 0.25) is 0 Å². The zero-order chi connectivity index (χ0) is 8.55. The van der Waals surface area contributed by atoms with Gasteiger partial charge in [0.05, 0.1) is 5.52 Å². The van der Waals surface area contributed by atoms with Gasteiger partial charge in [0.1, 0.15) is 0 Å². The van der Waals surface area contributed by atoms with Gasteiger partial charge in [-0.25, -0.2) is 0 Å². The number of hydrogen-bond donors (Lipinski definition) is 1. The predicted octanol–water partition coefficient (Wildman–Crippen LogP) is 3.29. The molecule has 0 aliphatic carbocycles. The van der Waals surface area contributed by atoms with Crippen LogP contribution in [0.25, 0.3) is 10.9 Å². The Balaban J connectivity index is 2.86. The van der Waals surface area contributed by atoms with E-state index >= 15 is 0 Å². The number of fused-ring (bicyclic) bond motifs is 1. The quantitative estimate of drug-likeness (QED) is 0.697. The van der Waals surface area contributed by atoms with Gasteiger partial charge >= 0.3 is 0 Å². The molecular weight excluding hydrogens is 234 g/mol. The molecule has 1 aromatic heterocycles. The number of aromatic nitrogens is 1. The van der Waals surface area contributed by atoms with Crippen LogP contribution in [0.15, 0.2) is 39.8 Å². The molecule has 0 atom stereocenters. The first-order valence-electron chi connectivity index (χ1n) is 3.50. The molecule has 3 heteroatoms. The summed E-state index contributed by atoms with van der Waals surface area (Å²) in [5.74, 6) is 0. The monoisotopic (exact) mass is 239 g/mol. The van der Waals surface area contributed by atoms with Crippen molar-refractivity contribution < 1.29 is 0 Å². The molecule has 12 heavy (non-hydrogen) atoms. The van der Waals surface area contributed by atoms with Gasteiger partial charge < -0.3 is 0 Å². The first kappa shape index (κ1) is 8.08. The molecule has 0 radical (unpaired) electrons. The van der Waals surface area contributed by atoms with E-state index in [0.717, 1.165) is 20.3 Å². The average Bonchev–Trinajstić information content (AvgIpc) is 2.04. The topological polar surface area (TPSA) is 12.9 Å². The minimum Gasteiger partial charge on any atom is -0.254 e. The number of hydrogen-bond acceptors (Lipinski definition) is 2. The lowest BCUT2D eigenvalue weighted by atomic mass is 10.2. The highest BCUT2D eigenvalue weighted by atomic mass is 79.9. The lowest BCUT2D eigenvalue weighted by Gasteiger charge is -1.99. The van der Waals surface area contributed by atoms with E-state index in [1.165, 1.54) is 0 Å². The van der Waals surface area contributed by atoms with E-state index in [9.17, 15) is 0 Å². The molecule has 1 aromatic carbocycles. The number of halogens is 1. The van der Waals surface area contributed by atoms with Crippen LogP contribution in [0.2, 0.25) is 0 Å². The molecule has 1 heterocycles. The van der Waals surface area contributed by atoms with Crippen LogP contribution in [-0.2, 0) is 0 Å². The summed E-state index contributed by atoms with van der Waals surface area (Å²) in [5.41, 5.74) is 0.948. The van der Waals surface area contributed by atoms with Gasteiger partial charge in [0.25, 0.3) is 0 Å². The first-order chi connectivity index (χ1) is 5.77.